The van der Waals surface area contributed by atoms with Gasteiger partial charge in [-0.1, -0.05) is 35.1 Å². The van der Waals surface area contributed by atoms with Crippen LogP contribution in [0.3, 0.4) is 0 Å². The molecule has 1 aromatic heterocycles. The quantitative estimate of drug-likeness (QED) is 0.581. The van der Waals surface area contributed by atoms with Crippen molar-refractivity contribution in [3.8, 4) is 5.75 Å². The molecule has 6 nitrogen and oxygen atoms in total. The van der Waals surface area contributed by atoms with E-state index in [9.17, 15) is 9.59 Å². The van der Waals surface area contributed by atoms with E-state index >= 15 is 0 Å². The van der Waals surface area contributed by atoms with Gasteiger partial charge in [0.1, 0.15) is 12.3 Å². The first kappa shape index (κ1) is 20.8. The molecule has 0 N–H and O–H groups in total. The molecule has 7 heteroatoms. The van der Waals surface area contributed by atoms with Crippen LogP contribution in [0.2, 0.25) is 0 Å². The van der Waals surface area contributed by atoms with Gasteiger partial charge in [0.2, 0.25) is 0 Å². The highest BCUT2D eigenvalue weighted by Crippen LogP contribution is 2.21. The average molecular weight is 413 g/mol. The minimum Gasteiger partial charge on any atom is -0.496 e. The third-order valence-corrected chi connectivity index (χ3v) is 5.47. The van der Waals surface area contributed by atoms with Crippen LogP contribution < -0.4 is 9.54 Å². The Morgan fingerprint density at radius 1 is 1.10 bits per heavy atom. The van der Waals surface area contributed by atoms with Gasteiger partial charge in [-0.05, 0) is 44.5 Å². The molecule has 0 unspecified atom stereocenters. The van der Waals surface area contributed by atoms with E-state index in [2.05, 4.69) is 4.99 Å². The number of thiazole rings is 1. The zero-order chi connectivity index (χ0) is 21.0. The van der Waals surface area contributed by atoms with Crippen molar-refractivity contribution < 1.29 is 19.1 Å². The number of ether oxygens (including phenoxy) is 2. The first-order valence-corrected chi connectivity index (χ1v) is 10.2. The molecule has 0 spiro atoms. The molecule has 0 bridgehead atoms. The van der Waals surface area contributed by atoms with Crippen LogP contribution in [-0.4, -0.2) is 30.2 Å². The zero-order valence-corrected chi connectivity index (χ0v) is 17.8. The average Bonchev–Trinajstić information content (AvgIpc) is 2.98. The van der Waals surface area contributed by atoms with Crippen LogP contribution in [0, 0.1) is 13.8 Å². The van der Waals surface area contributed by atoms with E-state index in [0.717, 1.165) is 26.9 Å². The van der Waals surface area contributed by atoms with E-state index in [-0.39, 0.29) is 24.8 Å². The summed E-state index contributed by atoms with van der Waals surface area (Å²) < 4.78 is 13.2. The third-order valence-electron chi connectivity index (χ3n) is 4.43. The lowest BCUT2D eigenvalue weighted by atomic mass is 10.1. The third kappa shape index (κ3) is 4.92. The maximum absolute atomic E-state index is 12.7. The number of hydrogen-bond donors (Lipinski definition) is 0. The van der Waals surface area contributed by atoms with Gasteiger partial charge in [0.05, 0.1) is 30.4 Å². The second kappa shape index (κ2) is 9.05. The van der Waals surface area contributed by atoms with Gasteiger partial charge in [0.15, 0.2) is 4.80 Å². The Kier molecular flexibility index (Phi) is 6.49. The zero-order valence-electron chi connectivity index (χ0n) is 17.0. The summed E-state index contributed by atoms with van der Waals surface area (Å²) in [6.07, 6.45) is 0.123. The monoisotopic (exact) mass is 412 g/mol. The van der Waals surface area contributed by atoms with Crippen LogP contribution in [0.15, 0.2) is 41.4 Å². The van der Waals surface area contributed by atoms with Gasteiger partial charge in [-0.25, -0.2) is 0 Å². The molecule has 2 aromatic carbocycles. The van der Waals surface area contributed by atoms with Gasteiger partial charge >= 0.3 is 5.97 Å². The highest BCUT2D eigenvalue weighted by Gasteiger charge is 2.14. The molecule has 3 rings (SSSR count). The van der Waals surface area contributed by atoms with E-state index in [1.54, 1.807) is 18.6 Å². The van der Waals surface area contributed by atoms with Crippen LogP contribution >= 0.6 is 11.3 Å². The first-order valence-electron chi connectivity index (χ1n) is 9.38. The molecule has 0 radical (unpaired) electrons. The second-order valence-electron chi connectivity index (χ2n) is 6.74. The Morgan fingerprint density at radius 3 is 2.55 bits per heavy atom. The number of benzene rings is 2. The van der Waals surface area contributed by atoms with Crippen LogP contribution in [0.1, 0.15) is 23.6 Å². The number of hydrogen-bond acceptors (Lipinski definition) is 5. The fourth-order valence-electron chi connectivity index (χ4n) is 3.11. The van der Waals surface area contributed by atoms with Gasteiger partial charge in [-0.15, -0.1) is 0 Å². The summed E-state index contributed by atoms with van der Waals surface area (Å²) in [7, 11) is 1.58. The second-order valence-corrected chi connectivity index (χ2v) is 7.75. The molecule has 29 heavy (non-hydrogen) atoms. The molecule has 1 amide bonds. The number of esters is 1. The number of aromatic nitrogens is 1. The van der Waals surface area contributed by atoms with E-state index in [4.69, 9.17) is 9.47 Å². The highest BCUT2D eigenvalue weighted by atomic mass is 32.1. The van der Waals surface area contributed by atoms with Gasteiger partial charge < -0.3 is 14.0 Å². The standard InChI is InChI=1S/C22H24N2O4S/c1-5-28-21(26)13-24-17-8-6-15(3)11-19(17)29-22(24)23-20(25)12-16-10-14(2)7-9-18(16)27-4/h6-11H,5,12-13H2,1-4H3. The summed E-state index contributed by atoms with van der Waals surface area (Å²) >= 11 is 1.39. The van der Waals surface area contributed by atoms with Crippen molar-refractivity contribution in [1.82, 2.24) is 4.57 Å². The topological polar surface area (TPSA) is 69.9 Å². The number of fused-ring (bicyclic) bond motifs is 1. The van der Waals surface area contributed by atoms with Crippen molar-refractivity contribution in [2.75, 3.05) is 13.7 Å². The van der Waals surface area contributed by atoms with Gasteiger partial charge in [-0.2, -0.15) is 4.99 Å². The number of aryl methyl sites for hydroxylation is 2. The maximum atomic E-state index is 12.7. The maximum Gasteiger partial charge on any atom is 0.326 e. The Balaban J connectivity index is 2.01. The van der Waals surface area contributed by atoms with Crippen LogP contribution in [-0.2, 0) is 27.3 Å². The number of nitrogens with zero attached hydrogens (tertiary/aromatic N) is 2. The molecular weight excluding hydrogens is 388 g/mol. The lowest BCUT2D eigenvalue weighted by molar-refractivity contribution is -0.143. The van der Waals surface area contributed by atoms with Crippen molar-refractivity contribution in [2.24, 2.45) is 4.99 Å². The lowest BCUT2D eigenvalue weighted by Gasteiger charge is -2.08. The summed E-state index contributed by atoms with van der Waals surface area (Å²) in [5, 5.41) is 0. The van der Waals surface area contributed by atoms with E-state index in [1.807, 2.05) is 50.2 Å². The number of carbonyl (C=O) groups is 2. The van der Waals surface area contributed by atoms with E-state index in [1.165, 1.54) is 11.3 Å². The first-order chi connectivity index (χ1) is 13.9. The molecule has 152 valence electrons. The van der Waals surface area contributed by atoms with Crippen LogP contribution in [0.4, 0.5) is 0 Å². The summed E-state index contributed by atoms with van der Waals surface area (Å²) in [6.45, 7) is 6.05. The van der Waals surface area contributed by atoms with Crippen LogP contribution in [0.25, 0.3) is 10.2 Å². The Labute approximate surface area is 173 Å². The fourth-order valence-corrected chi connectivity index (χ4v) is 4.25. The van der Waals surface area contributed by atoms with Crippen molar-refractivity contribution >= 4 is 33.4 Å². The highest BCUT2D eigenvalue weighted by molar-refractivity contribution is 7.16. The Morgan fingerprint density at radius 2 is 1.83 bits per heavy atom. The molecular formula is C22H24N2O4S. The van der Waals surface area contributed by atoms with Crippen molar-refractivity contribution in [2.45, 2.75) is 33.7 Å². The summed E-state index contributed by atoms with van der Waals surface area (Å²) in [5.41, 5.74) is 3.79. The Bertz CT molecular complexity index is 1130. The minimum atomic E-state index is -0.359. The van der Waals surface area contributed by atoms with Crippen LogP contribution in [0.5, 0.6) is 5.75 Å². The predicted molar refractivity (Wildman–Crippen MR) is 113 cm³/mol. The molecule has 3 aromatic rings. The molecule has 0 aliphatic rings. The Hall–Kier alpha value is -2.93. The molecule has 1 heterocycles. The smallest absolute Gasteiger partial charge is 0.326 e. The fraction of sp³-hybridized carbons (Fsp3) is 0.318. The molecule has 0 saturated heterocycles. The summed E-state index contributed by atoms with van der Waals surface area (Å²) in [6, 6.07) is 11.6. The van der Waals surface area contributed by atoms with E-state index < -0.39 is 0 Å². The van der Waals surface area contributed by atoms with Crippen molar-refractivity contribution in [3.05, 3.63) is 57.9 Å². The lowest BCUT2D eigenvalue weighted by Crippen LogP contribution is -2.23. The number of methoxy groups -OCH3 is 1. The summed E-state index contributed by atoms with van der Waals surface area (Å²) in [5.74, 6) is 0.00216. The van der Waals surface area contributed by atoms with E-state index in [0.29, 0.717) is 17.2 Å². The summed E-state index contributed by atoms with van der Waals surface area (Å²) in [4.78, 5) is 29.6. The molecule has 0 fully saturated rings. The normalized spacial score (nSPS) is 11.7. The van der Waals surface area contributed by atoms with Gasteiger partial charge in [-0.3, -0.25) is 9.59 Å². The number of rotatable bonds is 6. The predicted octanol–water partition coefficient (Wildman–Crippen LogP) is 3.56. The molecule has 0 aliphatic heterocycles. The number of amides is 1. The largest absolute Gasteiger partial charge is 0.496 e. The molecule has 0 saturated carbocycles. The molecule has 0 atom stereocenters. The van der Waals surface area contributed by atoms with Crippen molar-refractivity contribution in [1.29, 1.82) is 0 Å². The minimum absolute atomic E-state index is 0.0107. The SMILES string of the molecule is CCOC(=O)Cn1c(=NC(=O)Cc2cc(C)ccc2OC)sc2cc(C)ccc21. The number of carbonyl (C=O) groups excluding carboxylic acids is 2. The van der Waals surface area contributed by atoms with Gasteiger partial charge in [0.25, 0.3) is 5.91 Å². The van der Waals surface area contributed by atoms with Gasteiger partial charge in [0, 0.05) is 5.56 Å². The molecule has 0 aliphatic carbocycles. The van der Waals surface area contributed by atoms with Crippen molar-refractivity contribution in [3.63, 3.8) is 0 Å².